The predicted molar refractivity (Wildman–Crippen MR) is 78.6 cm³/mol. The Morgan fingerprint density at radius 3 is 2.50 bits per heavy atom. The first-order valence-electron chi connectivity index (χ1n) is 5.93. The van der Waals surface area contributed by atoms with Gasteiger partial charge in [0.25, 0.3) is 5.69 Å². The minimum Gasteiger partial charge on any atom is -0.393 e. The van der Waals surface area contributed by atoms with E-state index < -0.39 is 4.92 Å². The Morgan fingerprint density at radius 2 is 1.90 bits per heavy atom. The molecule has 0 atom stereocenters. The molecule has 0 fully saturated rings. The Hall–Kier alpha value is -2.15. The lowest BCUT2D eigenvalue weighted by Crippen LogP contribution is -1.97. The second-order valence-corrected chi connectivity index (χ2v) is 5.31. The highest BCUT2D eigenvalue weighted by atomic mass is 32.2. The van der Waals surface area contributed by atoms with Crippen LogP contribution in [-0.2, 0) is 5.75 Å². The van der Waals surface area contributed by atoms with E-state index in [1.807, 2.05) is 19.9 Å². The Bertz CT molecular complexity index is 641. The van der Waals surface area contributed by atoms with Gasteiger partial charge in [-0.2, -0.15) is 0 Å². The highest BCUT2D eigenvalue weighted by Crippen LogP contribution is 2.26. The van der Waals surface area contributed by atoms with Gasteiger partial charge in [-0.05, 0) is 31.5 Å². The normalized spacial score (nSPS) is 10.5. The van der Waals surface area contributed by atoms with Crippen LogP contribution >= 0.6 is 11.8 Å². The second kappa shape index (κ2) is 5.87. The molecule has 2 N–H and O–H groups in total. The third-order valence-electron chi connectivity index (χ3n) is 2.62. The SMILES string of the molecule is Cc1cc(C)nc(SCc2ccc(N)c([N+](=O)[O-])c2)n1. The van der Waals surface area contributed by atoms with Crippen molar-refractivity contribution in [3.8, 4) is 0 Å². The summed E-state index contributed by atoms with van der Waals surface area (Å²) in [7, 11) is 0. The first kappa shape index (κ1) is 14.3. The number of thioether (sulfide) groups is 1. The maximum Gasteiger partial charge on any atom is 0.292 e. The Morgan fingerprint density at radius 1 is 1.25 bits per heavy atom. The zero-order valence-corrected chi connectivity index (χ0v) is 12.0. The summed E-state index contributed by atoms with van der Waals surface area (Å²) in [6, 6.07) is 6.72. The fraction of sp³-hybridized carbons (Fsp3) is 0.231. The molecule has 0 aliphatic rings. The van der Waals surface area contributed by atoms with Crippen molar-refractivity contribution in [2.75, 3.05) is 5.73 Å². The largest absolute Gasteiger partial charge is 0.393 e. The molecule has 7 heteroatoms. The van der Waals surface area contributed by atoms with Crippen LogP contribution in [0.4, 0.5) is 11.4 Å². The topological polar surface area (TPSA) is 94.9 Å². The van der Waals surface area contributed by atoms with Gasteiger partial charge in [0.1, 0.15) is 5.69 Å². The summed E-state index contributed by atoms with van der Waals surface area (Å²) in [5, 5.41) is 11.5. The molecule has 0 saturated heterocycles. The maximum atomic E-state index is 10.8. The van der Waals surface area contributed by atoms with Gasteiger partial charge in [0.15, 0.2) is 5.16 Å². The number of nitro benzene ring substituents is 1. The maximum absolute atomic E-state index is 10.8. The zero-order chi connectivity index (χ0) is 14.7. The van der Waals surface area contributed by atoms with Gasteiger partial charge in [0.05, 0.1) is 4.92 Å². The van der Waals surface area contributed by atoms with Crippen molar-refractivity contribution >= 4 is 23.1 Å². The van der Waals surface area contributed by atoms with E-state index in [-0.39, 0.29) is 11.4 Å². The highest BCUT2D eigenvalue weighted by molar-refractivity contribution is 7.98. The van der Waals surface area contributed by atoms with Crippen molar-refractivity contribution in [3.05, 3.63) is 51.3 Å². The van der Waals surface area contributed by atoms with Crippen molar-refractivity contribution in [3.63, 3.8) is 0 Å². The molecule has 1 heterocycles. The molecule has 0 unspecified atom stereocenters. The molecule has 104 valence electrons. The van der Waals surface area contributed by atoms with Crippen LogP contribution in [0.3, 0.4) is 0 Å². The van der Waals surface area contributed by atoms with Gasteiger partial charge in [-0.15, -0.1) is 0 Å². The third-order valence-corrected chi connectivity index (χ3v) is 3.54. The third kappa shape index (κ3) is 3.45. The predicted octanol–water partition coefficient (Wildman–Crippen LogP) is 2.88. The summed E-state index contributed by atoms with van der Waals surface area (Å²) < 4.78 is 0. The number of anilines is 1. The van der Waals surface area contributed by atoms with Crippen LogP contribution in [0.15, 0.2) is 29.4 Å². The number of aryl methyl sites for hydroxylation is 2. The first-order chi connectivity index (χ1) is 9.45. The van der Waals surface area contributed by atoms with Crippen molar-refractivity contribution < 1.29 is 4.92 Å². The molecular weight excluding hydrogens is 276 g/mol. The van der Waals surface area contributed by atoms with E-state index in [0.717, 1.165) is 17.0 Å². The van der Waals surface area contributed by atoms with Crippen LogP contribution in [0.1, 0.15) is 17.0 Å². The number of nitrogens with zero attached hydrogens (tertiary/aromatic N) is 3. The van der Waals surface area contributed by atoms with E-state index in [1.165, 1.54) is 17.8 Å². The molecule has 6 nitrogen and oxygen atoms in total. The molecule has 20 heavy (non-hydrogen) atoms. The van der Waals surface area contributed by atoms with E-state index >= 15 is 0 Å². The molecule has 0 aliphatic heterocycles. The number of nitrogen functional groups attached to an aromatic ring is 1. The van der Waals surface area contributed by atoms with E-state index in [1.54, 1.807) is 12.1 Å². The summed E-state index contributed by atoms with van der Waals surface area (Å²) in [5.41, 5.74) is 8.30. The molecular formula is C13H14N4O2S. The smallest absolute Gasteiger partial charge is 0.292 e. The Balaban J connectivity index is 2.14. The van der Waals surface area contributed by atoms with Crippen molar-refractivity contribution in [1.29, 1.82) is 0 Å². The van der Waals surface area contributed by atoms with Crippen molar-refractivity contribution in [2.24, 2.45) is 0 Å². The number of benzene rings is 1. The molecule has 0 spiro atoms. The number of hydrogen-bond donors (Lipinski definition) is 1. The van der Waals surface area contributed by atoms with Gasteiger partial charge in [0, 0.05) is 23.2 Å². The molecule has 2 rings (SSSR count). The van der Waals surface area contributed by atoms with E-state index in [9.17, 15) is 10.1 Å². The summed E-state index contributed by atoms with van der Waals surface area (Å²) in [5.74, 6) is 0.560. The van der Waals surface area contributed by atoms with E-state index in [2.05, 4.69) is 9.97 Å². The van der Waals surface area contributed by atoms with Gasteiger partial charge >= 0.3 is 0 Å². The van der Waals surface area contributed by atoms with Crippen LogP contribution in [0.5, 0.6) is 0 Å². The lowest BCUT2D eigenvalue weighted by molar-refractivity contribution is -0.383. The Kier molecular flexibility index (Phi) is 4.19. The average molecular weight is 290 g/mol. The van der Waals surface area contributed by atoms with Crippen LogP contribution in [0, 0.1) is 24.0 Å². The summed E-state index contributed by atoms with van der Waals surface area (Å²) in [6.45, 7) is 3.82. The molecule has 0 aliphatic carbocycles. The van der Waals surface area contributed by atoms with Gasteiger partial charge in [0.2, 0.25) is 0 Å². The second-order valence-electron chi connectivity index (χ2n) is 4.37. The van der Waals surface area contributed by atoms with Crippen LogP contribution < -0.4 is 5.73 Å². The number of rotatable bonds is 4. The van der Waals surface area contributed by atoms with Crippen molar-refractivity contribution in [1.82, 2.24) is 9.97 Å². The lowest BCUT2D eigenvalue weighted by Gasteiger charge is -2.04. The molecule has 0 saturated carbocycles. The number of nitro groups is 1. The monoisotopic (exact) mass is 290 g/mol. The zero-order valence-electron chi connectivity index (χ0n) is 11.2. The fourth-order valence-electron chi connectivity index (χ4n) is 1.74. The van der Waals surface area contributed by atoms with Gasteiger partial charge in [-0.1, -0.05) is 17.8 Å². The summed E-state index contributed by atoms with van der Waals surface area (Å²) >= 11 is 1.44. The lowest BCUT2D eigenvalue weighted by atomic mass is 10.2. The number of aromatic nitrogens is 2. The van der Waals surface area contributed by atoms with Gasteiger partial charge in [-0.25, -0.2) is 9.97 Å². The summed E-state index contributed by atoms with van der Waals surface area (Å²) in [6.07, 6.45) is 0. The van der Waals surface area contributed by atoms with Gasteiger partial charge in [-0.3, -0.25) is 10.1 Å². The molecule has 0 radical (unpaired) electrons. The fourth-order valence-corrected chi connectivity index (χ4v) is 2.64. The molecule has 0 amide bonds. The van der Waals surface area contributed by atoms with E-state index in [0.29, 0.717) is 10.9 Å². The number of hydrogen-bond acceptors (Lipinski definition) is 6. The molecule has 1 aromatic carbocycles. The van der Waals surface area contributed by atoms with Crippen LogP contribution in [-0.4, -0.2) is 14.9 Å². The minimum atomic E-state index is -0.475. The van der Waals surface area contributed by atoms with Crippen molar-refractivity contribution in [2.45, 2.75) is 24.8 Å². The first-order valence-corrected chi connectivity index (χ1v) is 6.92. The minimum absolute atomic E-state index is 0.0653. The highest BCUT2D eigenvalue weighted by Gasteiger charge is 2.12. The molecule has 0 bridgehead atoms. The van der Waals surface area contributed by atoms with Crippen LogP contribution in [0.2, 0.25) is 0 Å². The number of nitrogens with two attached hydrogens (primary N) is 1. The summed E-state index contributed by atoms with van der Waals surface area (Å²) in [4.78, 5) is 19.0. The standard InChI is InChI=1S/C13H14N4O2S/c1-8-5-9(2)16-13(15-8)20-7-10-3-4-11(14)12(6-10)17(18)19/h3-6H,7,14H2,1-2H3. The van der Waals surface area contributed by atoms with E-state index in [4.69, 9.17) is 5.73 Å². The quantitative estimate of drug-likeness (QED) is 0.306. The Labute approximate surface area is 120 Å². The van der Waals surface area contributed by atoms with Crippen LogP contribution in [0.25, 0.3) is 0 Å². The average Bonchev–Trinajstić information content (AvgIpc) is 2.36. The molecule has 2 aromatic rings. The molecule has 1 aromatic heterocycles. The van der Waals surface area contributed by atoms with Gasteiger partial charge < -0.3 is 5.73 Å².